The zero-order valence-electron chi connectivity index (χ0n) is 11.3. The average Bonchev–Trinajstić information content (AvgIpc) is 2.39. The SMILES string of the molecule is CC(NCC1CN(C)CCO1)c1cc(Br)ccc1F. The molecule has 1 N–H and O–H groups in total. The molecule has 0 aliphatic carbocycles. The van der Waals surface area contributed by atoms with Crippen molar-refractivity contribution in [2.24, 2.45) is 0 Å². The minimum absolute atomic E-state index is 0.0340. The van der Waals surface area contributed by atoms with Crippen molar-refractivity contribution in [2.45, 2.75) is 19.1 Å². The molecule has 1 aliphatic heterocycles. The molecule has 5 heteroatoms. The van der Waals surface area contributed by atoms with Crippen LogP contribution < -0.4 is 5.32 Å². The summed E-state index contributed by atoms with van der Waals surface area (Å²) in [7, 11) is 2.09. The van der Waals surface area contributed by atoms with E-state index in [2.05, 4.69) is 33.2 Å². The molecule has 1 aromatic carbocycles. The third kappa shape index (κ3) is 4.24. The molecule has 0 aromatic heterocycles. The Morgan fingerprint density at radius 2 is 2.37 bits per heavy atom. The van der Waals surface area contributed by atoms with Crippen molar-refractivity contribution < 1.29 is 9.13 Å². The van der Waals surface area contributed by atoms with Crippen LogP contribution in [0.1, 0.15) is 18.5 Å². The fraction of sp³-hybridized carbons (Fsp3) is 0.571. The molecule has 1 saturated heterocycles. The van der Waals surface area contributed by atoms with Gasteiger partial charge in [-0.05, 0) is 32.2 Å². The van der Waals surface area contributed by atoms with Crippen molar-refractivity contribution in [2.75, 3.05) is 33.3 Å². The van der Waals surface area contributed by atoms with Crippen LogP contribution in [0.3, 0.4) is 0 Å². The van der Waals surface area contributed by atoms with Gasteiger partial charge >= 0.3 is 0 Å². The van der Waals surface area contributed by atoms with Crippen LogP contribution in [0.15, 0.2) is 22.7 Å². The smallest absolute Gasteiger partial charge is 0.128 e. The number of nitrogens with one attached hydrogen (secondary N) is 1. The molecule has 0 radical (unpaired) electrons. The van der Waals surface area contributed by atoms with Gasteiger partial charge in [-0.25, -0.2) is 4.39 Å². The zero-order chi connectivity index (χ0) is 13.8. The van der Waals surface area contributed by atoms with E-state index in [0.29, 0.717) is 5.56 Å². The number of likely N-dealkylation sites (N-methyl/N-ethyl adjacent to an activating group) is 1. The van der Waals surface area contributed by atoms with E-state index in [1.165, 1.54) is 6.07 Å². The molecule has 3 nitrogen and oxygen atoms in total. The number of halogens is 2. The molecule has 1 heterocycles. The summed E-state index contributed by atoms with van der Waals surface area (Å²) in [6.07, 6.45) is 0.177. The quantitative estimate of drug-likeness (QED) is 0.918. The van der Waals surface area contributed by atoms with Gasteiger partial charge in [-0.15, -0.1) is 0 Å². The molecule has 106 valence electrons. The molecule has 0 bridgehead atoms. The third-order valence-electron chi connectivity index (χ3n) is 3.42. The summed E-state index contributed by atoms with van der Waals surface area (Å²) in [6.45, 7) is 5.37. The molecule has 2 rings (SSSR count). The first kappa shape index (κ1) is 14.9. The predicted octanol–water partition coefficient (Wildman–Crippen LogP) is 2.57. The summed E-state index contributed by atoms with van der Waals surface area (Å²) < 4.78 is 20.3. The van der Waals surface area contributed by atoms with E-state index in [1.807, 2.05) is 13.0 Å². The molecule has 1 aromatic rings. The number of rotatable bonds is 4. The van der Waals surface area contributed by atoms with Crippen molar-refractivity contribution in [3.05, 3.63) is 34.1 Å². The Balaban J connectivity index is 1.90. The van der Waals surface area contributed by atoms with E-state index in [4.69, 9.17) is 4.74 Å². The fourth-order valence-corrected chi connectivity index (χ4v) is 2.63. The first-order valence-electron chi connectivity index (χ1n) is 6.54. The van der Waals surface area contributed by atoms with Gasteiger partial charge in [0.1, 0.15) is 5.82 Å². The molecule has 0 amide bonds. The first-order chi connectivity index (χ1) is 9.06. The molecule has 1 aliphatic rings. The first-order valence-corrected chi connectivity index (χ1v) is 7.34. The van der Waals surface area contributed by atoms with Gasteiger partial charge in [-0.1, -0.05) is 15.9 Å². The van der Waals surface area contributed by atoms with Crippen LogP contribution in [0.25, 0.3) is 0 Å². The van der Waals surface area contributed by atoms with Crippen molar-refractivity contribution in [1.82, 2.24) is 10.2 Å². The Morgan fingerprint density at radius 3 is 3.11 bits per heavy atom. The zero-order valence-corrected chi connectivity index (χ0v) is 12.9. The Morgan fingerprint density at radius 1 is 1.58 bits per heavy atom. The fourth-order valence-electron chi connectivity index (χ4n) is 2.25. The highest BCUT2D eigenvalue weighted by molar-refractivity contribution is 9.10. The highest BCUT2D eigenvalue weighted by atomic mass is 79.9. The van der Waals surface area contributed by atoms with E-state index in [9.17, 15) is 4.39 Å². The highest BCUT2D eigenvalue weighted by Gasteiger charge is 2.19. The number of ether oxygens (including phenoxy) is 1. The van der Waals surface area contributed by atoms with Crippen molar-refractivity contribution >= 4 is 15.9 Å². The van der Waals surface area contributed by atoms with E-state index >= 15 is 0 Å². The topological polar surface area (TPSA) is 24.5 Å². The molecule has 0 spiro atoms. The number of hydrogen-bond acceptors (Lipinski definition) is 3. The lowest BCUT2D eigenvalue weighted by Gasteiger charge is -2.31. The van der Waals surface area contributed by atoms with Gasteiger partial charge in [0.05, 0.1) is 12.7 Å². The molecule has 1 fully saturated rings. The molecule has 2 atom stereocenters. The summed E-state index contributed by atoms with van der Waals surface area (Å²) in [5, 5.41) is 3.34. The van der Waals surface area contributed by atoms with Crippen molar-refractivity contribution in [3.8, 4) is 0 Å². The van der Waals surface area contributed by atoms with Crippen LogP contribution in [0.2, 0.25) is 0 Å². The van der Waals surface area contributed by atoms with Gasteiger partial charge in [-0.2, -0.15) is 0 Å². The lowest BCUT2D eigenvalue weighted by atomic mass is 10.1. The molecule has 2 unspecified atom stereocenters. The minimum Gasteiger partial charge on any atom is -0.374 e. The van der Waals surface area contributed by atoms with Crippen LogP contribution in [-0.2, 0) is 4.74 Å². The van der Waals surface area contributed by atoms with Gasteiger partial charge in [0, 0.05) is 35.7 Å². The summed E-state index contributed by atoms with van der Waals surface area (Å²) in [5.41, 5.74) is 0.679. The number of benzene rings is 1. The second-order valence-electron chi connectivity index (χ2n) is 5.05. The lowest BCUT2D eigenvalue weighted by molar-refractivity contribution is -0.0191. The summed E-state index contributed by atoms with van der Waals surface area (Å²) >= 11 is 3.37. The Bertz CT molecular complexity index is 430. The van der Waals surface area contributed by atoms with Crippen LogP contribution in [0, 0.1) is 5.82 Å². The minimum atomic E-state index is -0.176. The third-order valence-corrected chi connectivity index (χ3v) is 3.91. The second-order valence-corrected chi connectivity index (χ2v) is 5.97. The Kier molecular flexibility index (Phi) is 5.33. The van der Waals surface area contributed by atoms with E-state index in [-0.39, 0.29) is 18.0 Å². The maximum Gasteiger partial charge on any atom is 0.128 e. The number of nitrogens with zero attached hydrogens (tertiary/aromatic N) is 1. The monoisotopic (exact) mass is 330 g/mol. The largest absolute Gasteiger partial charge is 0.374 e. The summed E-state index contributed by atoms with van der Waals surface area (Å²) in [6, 6.07) is 4.99. The van der Waals surface area contributed by atoms with Gasteiger partial charge in [0.25, 0.3) is 0 Å². The number of morpholine rings is 1. The average molecular weight is 331 g/mol. The van der Waals surface area contributed by atoms with Crippen LogP contribution in [0.4, 0.5) is 4.39 Å². The van der Waals surface area contributed by atoms with E-state index in [0.717, 1.165) is 30.7 Å². The maximum absolute atomic E-state index is 13.7. The predicted molar refractivity (Wildman–Crippen MR) is 77.8 cm³/mol. The maximum atomic E-state index is 13.7. The van der Waals surface area contributed by atoms with Gasteiger partial charge in [0.15, 0.2) is 0 Å². The van der Waals surface area contributed by atoms with E-state index in [1.54, 1.807) is 6.07 Å². The van der Waals surface area contributed by atoms with E-state index < -0.39 is 0 Å². The van der Waals surface area contributed by atoms with Crippen LogP contribution >= 0.6 is 15.9 Å². The van der Waals surface area contributed by atoms with Gasteiger partial charge in [0.2, 0.25) is 0 Å². The van der Waals surface area contributed by atoms with Gasteiger partial charge in [-0.3, -0.25) is 0 Å². The van der Waals surface area contributed by atoms with Crippen molar-refractivity contribution in [3.63, 3.8) is 0 Å². The highest BCUT2D eigenvalue weighted by Crippen LogP contribution is 2.21. The Labute approximate surface area is 122 Å². The normalized spacial score (nSPS) is 22.4. The molecular weight excluding hydrogens is 311 g/mol. The molecule has 19 heavy (non-hydrogen) atoms. The van der Waals surface area contributed by atoms with Gasteiger partial charge < -0.3 is 15.0 Å². The van der Waals surface area contributed by atoms with Crippen LogP contribution in [-0.4, -0.2) is 44.3 Å². The summed E-state index contributed by atoms with van der Waals surface area (Å²) in [4.78, 5) is 2.25. The molecular formula is C14H20BrFN2O. The lowest BCUT2D eigenvalue weighted by Crippen LogP contribution is -2.45. The standard InChI is InChI=1S/C14H20BrFN2O/c1-10(13-7-11(15)3-4-14(13)16)17-8-12-9-18(2)5-6-19-12/h3-4,7,10,12,17H,5-6,8-9H2,1-2H3. The summed E-state index contributed by atoms with van der Waals surface area (Å²) in [5.74, 6) is -0.176. The Hall–Kier alpha value is -0.490. The molecule has 0 saturated carbocycles. The van der Waals surface area contributed by atoms with Crippen molar-refractivity contribution in [1.29, 1.82) is 0 Å². The number of hydrogen-bond donors (Lipinski definition) is 1. The van der Waals surface area contributed by atoms with Crippen LogP contribution in [0.5, 0.6) is 0 Å². The second kappa shape index (κ2) is 6.79.